The van der Waals surface area contributed by atoms with Gasteiger partial charge in [-0.05, 0) is 60.5 Å². The van der Waals surface area contributed by atoms with Crippen LogP contribution < -0.4 is 10.5 Å². The average Bonchev–Trinajstić information content (AvgIpc) is 2.76. The molecule has 0 radical (unpaired) electrons. The van der Waals surface area contributed by atoms with Crippen molar-refractivity contribution in [3.63, 3.8) is 0 Å². The van der Waals surface area contributed by atoms with Gasteiger partial charge in [0, 0.05) is 13.1 Å². The molecule has 0 aliphatic rings. The molecule has 0 heterocycles. The Bertz CT molecular complexity index is 977. The molecule has 3 aromatic rings. The van der Waals surface area contributed by atoms with Gasteiger partial charge in [0.15, 0.2) is 0 Å². The number of hydrogen-bond acceptors (Lipinski definition) is 3. The van der Waals surface area contributed by atoms with Crippen molar-refractivity contribution in [1.29, 1.82) is 0 Å². The minimum Gasteiger partial charge on any atom is -0.488 e. The largest absolute Gasteiger partial charge is 0.488 e. The first-order valence-electron chi connectivity index (χ1n) is 9.77. The molecule has 0 bridgehead atoms. The summed E-state index contributed by atoms with van der Waals surface area (Å²) < 4.78 is 32.5. The first kappa shape index (κ1) is 21.5. The van der Waals surface area contributed by atoms with Crippen LogP contribution in [0.2, 0.25) is 0 Å². The number of carbonyl (C=O) groups is 1. The van der Waals surface area contributed by atoms with E-state index in [2.05, 4.69) is 0 Å². The van der Waals surface area contributed by atoms with Crippen LogP contribution in [0.5, 0.6) is 5.75 Å². The van der Waals surface area contributed by atoms with Crippen LogP contribution in [0.3, 0.4) is 0 Å². The fourth-order valence-electron chi connectivity index (χ4n) is 3.07. The lowest BCUT2D eigenvalue weighted by Crippen LogP contribution is -2.32. The molecule has 2 N–H and O–H groups in total. The molecule has 0 aliphatic carbocycles. The van der Waals surface area contributed by atoms with Crippen LogP contribution >= 0.6 is 0 Å². The predicted octanol–water partition coefficient (Wildman–Crippen LogP) is 4.54. The normalized spacial score (nSPS) is 10.6. The molecule has 3 aromatic carbocycles. The Morgan fingerprint density at radius 2 is 1.67 bits per heavy atom. The molecule has 0 spiro atoms. The van der Waals surface area contributed by atoms with Gasteiger partial charge in [0.1, 0.15) is 24.0 Å². The summed E-state index contributed by atoms with van der Waals surface area (Å²) in [5.74, 6) is -0.450. The van der Waals surface area contributed by atoms with Crippen LogP contribution in [0.4, 0.5) is 8.78 Å². The van der Waals surface area contributed by atoms with Crippen LogP contribution in [-0.4, -0.2) is 23.9 Å². The van der Waals surface area contributed by atoms with Crippen molar-refractivity contribution < 1.29 is 18.3 Å². The van der Waals surface area contributed by atoms with Crippen molar-refractivity contribution in [2.24, 2.45) is 5.73 Å². The molecule has 156 valence electrons. The number of carbonyl (C=O) groups excluding carboxylic acids is 1. The zero-order valence-corrected chi connectivity index (χ0v) is 16.6. The number of benzene rings is 3. The molecular formula is C24H24F2N2O2. The Kier molecular flexibility index (Phi) is 7.51. The first-order chi connectivity index (χ1) is 14.6. The Balaban J connectivity index is 1.78. The van der Waals surface area contributed by atoms with Gasteiger partial charge in [0.25, 0.3) is 5.91 Å². The van der Waals surface area contributed by atoms with Gasteiger partial charge in [-0.2, -0.15) is 0 Å². The number of ether oxygens (including phenoxy) is 1. The third kappa shape index (κ3) is 5.87. The lowest BCUT2D eigenvalue weighted by molar-refractivity contribution is 0.0737. The summed E-state index contributed by atoms with van der Waals surface area (Å²) in [5, 5.41) is 0. The van der Waals surface area contributed by atoms with Crippen LogP contribution in [0, 0.1) is 11.6 Å². The van der Waals surface area contributed by atoms with Crippen LogP contribution in [0.25, 0.3) is 0 Å². The Morgan fingerprint density at radius 1 is 0.900 bits per heavy atom. The maximum atomic E-state index is 13.4. The van der Waals surface area contributed by atoms with Gasteiger partial charge in [-0.1, -0.05) is 36.4 Å². The highest BCUT2D eigenvalue weighted by Crippen LogP contribution is 2.22. The molecule has 0 saturated heterocycles. The van der Waals surface area contributed by atoms with Gasteiger partial charge in [0.2, 0.25) is 0 Å². The number of amides is 1. The average molecular weight is 410 g/mol. The number of nitrogens with zero attached hydrogens (tertiary/aromatic N) is 1. The van der Waals surface area contributed by atoms with E-state index in [4.69, 9.17) is 10.5 Å². The topological polar surface area (TPSA) is 55.6 Å². The van der Waals surface area contributed by atoms with Crippen molar-refractivity contribution in [2.75, 3.05) is 13.1 Å². The van der Waals surface area contributed by atoms with Gasteiger partial charge in [-0.15, -0.1) is 0 Å². The van der Waals surface area contributed by atoms with Crippen LogP contribution in [0.15, 0.2) is 72.8 Å². The maximum Gasteiger partial charge on any atom is 0.257 e. The lowest BCUT2D eigenvalue weighted by Gasteiger charge is -2.24. The van der Waals surface area contributed by atoms with E-state index >= 15 is 0 Å². The standard InChI is InChI=1S/C24H24F2N2O2/c25-20-11-9-18(10-12-20)16-28(14-4-13-27)24(29)22-7-1-2-8-23(22)30-17-19-5-3-6-21(26)15-19/h1-3,5-12,15H,4,13-14,16-17,27H2. The second-order valence-corrected chi connectivity index (χ2v) is 6.91. The molecule has 0 aromatic heterocycles. The highest BCUT2D eigenvalue weighted by Gasteiger charge is 2.20. The summed E-state index contributed by atoms with van der Waals surface area (Å²) in [6.45, 7) is 1.38. The van der Waals surface area contributed by atoms with Crippen molar-refractivity contribution >= 4 is 5.91 Å². The molecule has 0 atom stereocenters. The summed E-state index contributed by atoms with van der Waals surface area (Å²) in [6.07, 6.45) is 0.638. The van der Waals surface area contributed by atoms with Crippen molar-refractivity contribution in [3.05, 3.63) is 101 Å². The number of para-hydroxylation sites is 1. The monoisotopic (exact) mass is 410 g/mol. The van der Waals surface area contributed by atoms with Crippen LogP contribution in [0.1, 0.15) is 27.9 Å². The van der Waals surface area contributed by atoms with Crippen molar-refractivity contribution in [3.8, 4) is 5.75 Å². The fourth-order valence-corrected chi connectivity index (χ4v) is 3.07. The molecule has 0 saturated carbocycles. The van der Waals surface area contributed by atoms with E-state index in [1.165, 1.54) is 24.3 Å². The summed E-state index contributed by atoms with van der Waals surface area (Å²) >= 11 is 0. The number of nitrogens with two attached hydrogens (primary N) is 1. The molecule has 3 rings (SSSR count). The third-order valence-corrected chi connectivity index (χ3v) is 4.61. The smallest absolute Gasteiger partial charge is 0.257 e. The predicted molar refractivity (Wildman–Crippen MR) is 112 cm³/mol. The SMILES string of the molecule is NCCCN(Cc1ccc(F)cc1)C(=O)c1ccccc1OCc1cccc(F)c1. The molecule has 0 aliphatic heterocycles. The highest BCUT2D eigenvalue weighted by molar-refractivity contribution is 5.96. The van der Waals surface area contributed by atoms with E-state index < -0.39 is 0 Å². The second-order valence-electron chi connectivity index (χ2n) is 6.91. The zero-order chi connectivity index (χ0) is 21.3. The van der Waals surface area contributed by atoms with Gasteiger partial charge < -0.3 is 15.4 Å². The van der Waals surface area contributed by atoms with E-state index in [9.17, 15) is 13.6 Å². The fraction of sp³-hybridized carbons (Fsp3) is 0.208. The molecule has 0 fully saturated rings. The Hall–Kier alpha value is -3.25. The summed E-state index contributed by atoms with van der Waals surface area (Å²) in [6, 6.07) is 19.1. The van der Waals surface area contributed by atoms with Gasteiger partial charge >= 0.3 is 0 Å². The number of hydrogen-bond donors (Lipinski definition) is 1. The molecule has 1 amide bonds. The second kappa shape index (κ2) is 10.5. The highest BCUT2D eigenvalue weighted by atomic mass is 19.1. The summed E-state index contributed by atoms with van der Waals surface area (Å²) in [7, 11) is 0. The quantitative estimate of drug-likeness (QED) is 0.564. The molecule has 6 heteroatoms. The minimum atomic E-state index is -0.340. The van der Waals surface area contributed by atoms with E-state index in [-0.39, 0.29) is 24.1 Å². The maximum absolute atomic E-state index is 13.4. The lowest BCUT2D eigenvalue weighted by atomic mass is 10.1. The van der Waals surface area contributed by atoms with E-state index in [0.717, 1.165) is 5.56 Å². The third-order valence-electron chi connectivity index (χ3n) is 4.61. The van der Waals surface area contributed by atoms with E-state index in [1.807, 2.05) is 0 Å². The van der Waals surface area contributed by atoms with Gasteiger partial charge in [0.05, 0.1) is 5.56 Å². The van der Waals surface area contributed by atoms with Crippen LogP contribution in [-0.2, 0) is 13.2 Å². The minimum absolute atomic E-state index is 0.142. The van der Waals surface area contributed by atoms with Crippen molar-refractivity contribution in [1.82, 2.24) is 4.90 Å². The zero-order valence-electron chi connectivity index (χ0n) is 16.6. The van der Waals surface area contributed by atoms with E-state index in [0.29, 0.717) is 42.9 Å². The molecular weight excluding hydrogens is 386 g/mol. The molecule has 0 unspecified atom stereocenters. The Labute approximate surface area is 174 Å². The summed E-state index contributed by atoms with van der Waals surface area (Å²) in [5.41, 5.74) is 7.54. The first-order valence-corrected chi connectivity index (χ1v) is 9.77. The molecule has 4 nitrogen and oxygen atoms in total. The van der Waals surface area contributed by atoms with E-state index in [1.54, 1.807) is 53.4 Å². The number of halogens is 2. The summed E-state index contributed by atoms with van der Waals surface area (Å²) in [4.78, 5) is 15.0. The van der Waals surface area contributed by atoms with Gasteiger partial charge in [-0.25, -0.2) is 8.78 Å². The van der Waals surface area contributed by atoms with Crippen molar-refractivity contribution in [2.45, 2.75) is 19.6 Å². The molecule has 30 heavy (non-hydrogen) atoms. The Morgan fingerprint density at radius 3 is 2.40 bits per heavy atom. The van der Waals surface area contributed by atoms with Gasteiger partial charge in [-0.3, -0.25) is 4.79 Å². The number of rotatable bonds is 9.